The summed E-state index contributed by atoms with van der Waals surface area (Å²) in [5.41, 5.74) is 1.06. The number of aryl methyl sites for hydroxylation is 1. The lowest BCUT2D eigenvalue weighted by atomic mass is 10.1. The minimum atomic E-state index is -0.533. The van der Waals surface area contributed by atoms with E-state index in [1.807, 2.05) is 0 Å². The van der Waals surface area contributed by atoms with E-state index in [0.717, 1.165) is 31.2 Å². The summed E-state index contributed by atoms with van der Waals surface area (Å²) in [6.45, 7) is 1.72. The highest BCUT2D eigenvalue weighted by molar-refractivity contribution is 6.40. The Kier molecular flexibility index (Phi) is 6.27. The molecule has 1 aromatic rings. The first kappa shape index (κ1) is 20.0. The third kappa shape index (κ3) is 4.55. The predicted octanol–water partition coefficient (Wildman–Crippen LogP) is 3.57. The summed E-state index contributed by atoms with van der Waals surface area (Å²) in [6, 6.07) is 3.61. The second-order valence-corrected chi connectivity index (χ2v) is 7.88. The van der Waals surface area contributed by atoms with Crippen LogP contribution < -0.4 is 5.32 Å². The minimum absolute atomic E-state index is 0.00775. The van der Waals surface area contributed by atoms with Crippen molar-refractivity contribution in [3.05, 3.63) is 27.7 Å². The zero-order valence-corrected chi connectivity index (χ0v) is 16.6. The summed E-state index contributed by atoms with van der Waals surface area (Å²) in [5.74, 6) is -1.58. The van der Waals surface area contributed by atoms with E-state index in [1.54, 1.807) is 24.0 Å². The van der Waals surface area contributed by atoms with Crippen molar-refractivity contribution in [3.63, 3.8) is 0 Å². The largest absolute Gasteiger partial charge is 0.455 e. The van der Waals surface area contributed by atoms with Gasteiger partial charge >= 0.3 is 5.97 Å². The number of halogens is 2. The van der Waals surface area contributed by atoms with Gasteiger partial charge in [-0.05, 0) is 31.4 Å². The van der Waals surface area contributed by atoms with Crippen LogP contribution in [0.25, 0.3) is 0 Å². The summed E-state index contributed by atoms with van der Waals surface area (Å²) in [4.78, 5) is 38.3. The monoisotopic (exact) mass is 412 g/mol. The van der Waals surface area contributed by atoms with Crippen LogP contribution in [0.15, 0.2) is 12.1 Å². The Balaban J connectivity index is 1.51. The van der Waals surface area contributed by atoms with Crippen LogP contribution in [0.3, 0.4) is 0 Å². The van der Waals surface area contributed by atoms with Crippen LogP contribution in [0.5, 0.6) is 0 Å². The quantitative estimate of drug-likeness (QED) is 0.749. The van der Waals surface area contributed by atoms with Gasteiger partial charge in [0.1, 0.15) is 0 Å². The third-order valence-corrected chi connectivity index (χ3v) is 5.95. The molecule has 27 heavy (non-hydrogen) atoms. The average Bonchev–Trinajstić information content (AvgIpc) is 3.29. The molecule has 146 valence electrons. The van der Waals surface area contributed by atoms with Crippen molar-refractivity contribution < 1.29 is 19.1 Å². The van der Waals surface area contributed by atoms with Crippen molar-refractivity contribution in [2.75, 3.05) is 18.5 Å². The van der Waals surface area contributed by atoms with Gasteiger partial charge < -0.3 is 15.0 Å². The lowest BCUT2D eigenvalue weighted by Gasteiger charge is -2.23. The van der Waals surface area contributed by atoms with Crippen molar-refractivity contribution in [1.29, 1.82) is 0 Å². The van der Waals surface area contributed by atoms with Crippen LogP contribution >= 0.6 is 23.2 Å². The van der Waals surface area contributed by atoms with Crippen LogP contribution in [-0.4, -0.2) is 41.9 Å². The van der Waals surface area contributed by atoms with Gasteiger partial charge in [0.15, 0.2) is 6.61 Å². The minimum Gasteiger partial charge on any atom is -0.455 e. The summed E-state index contributed by atoms with van der Waals surface area (Å²) in [6.07, 6.45) is 4.37. The van der Waals surface area contributed by atoms with E-state index in [9.17, 15) is 14.4 Å². The van der Waals surface area contributed by atoms with Gasteiger partial charge in [-0.3, -0.25) is 14.4 Å². The van der Waals surface area contributed by atoms with Gasteiger partial charge in [0.05, 0.1) is 21.7 Å². The maximum absolute atomic E-state index is 12.3. The van der Waals surface area contributed by atoms with Gasteiger partial charge in [-0.25, -0.2) is 0 Å². The highest BCUT2D eigenvalue weighted by Crippen LogP contribution is 2.33. The van der Waals surface area contributed by atoms with Gasteiger partial charge in [0, 0.05) is 19.0 Å². The fourth-order valence-corrected chi connectivity index (χ4v) is 4.12. The molecule has 0 spiro atoms. The van der Waals surface area contributed by atoms with Crippen LogP contribution in [-0.2, 0) is 19.1 Å². The lowest BCUT2D eigenvalue weighted by Crippen LogP contribution is -2.35. The highest BCUT2D eigenvalue weighted by Gasteiger charge is 2.39. The molecule has 2 amide bonds. The molecular formula is C19H22Cl2N2O4. The Morgan fingerprint density at radius 1 is 1.26 bits per heavy atom. The van der Waals surface area contributed by atoms with Crippen molar-refractivity contribution in [3.8, 4) is 0 Å². The molecule has 0 bridgehead atoms. The van der Waals surface area contributed by atoms with Crippen molar-refractivity contribution in [2.45, 2.75) is 45.1 Å². The van der Waals surface area contributed by atoms with Crippen molar-refractivity contribution in [2.24, 2.45) is 5.92 Å². The van der Waals surface area contributed by atoms with E-state index >= 15 is 0 Å². The fourth-order valence-electron chi connectivity index (χ4n) is 3.66. The molecule has 8 heteroatoms. The summed E-state index contributed by atoms with van der Waals surface area (Å²) < 4.78 is 5.11. The number of benzene rings is 1. The number of carbonyl (C=O) groups excluding carboxylic acids is 3. The number of anilines is 1. The molecule has 1 aliphatic heterocycles. The number of nitrogens with one attached hydrogen (secondary N) is 1. The Labute approximate surface area is 168 Å². The number of nitrogens with zero attached hydrogens (tertiary/aromatic N) is 1. The third-order valence-electron chi connectivity index (χ3n) is 5.15. The van der Waals surface area contributed by atoms with Gasteiger partial charge in [-0.2, -0.15) is 0 Å². The average molecular weight is 413 g/mol. The first-order chi connectivity index (χ1) is 12.9. The number of hydrogen-bond acceptors (Lipinski definition) is 4. The Morgan fingerprint density at radius 2 is 1.96 bits per heavy atom. The van der Waals surface area contributed by atoms with Crippen molar-refractivity contribution in [1.82, 2.24) is 4.90 Å². The molecular weight excluding hydrogens is 391 g/mol. The number of esters is 1. The van der Waals surface area contributed by atoms with E-state index in [1.165, 1.54) is 0 Å². The molecule has 1 aromatic carbocycles. The molecule has 6 nitrogen and oxygen atoms in total. The van der Waals surface area contributed by atoms with Gasteiger partial charge in [0.25, 0.3) is 5.91 Å². The normalized spacial score (nSPS) is 20.2. The van der Waals surface area contributed by atoms with E-state index in [0.29, 0.717) is 22.3 Å². The van der Waals surface area contributed by atoms with E-state index < -0.39 is 24.4 Å². The number of amides is 2. The first-order valence-corrected chi connectivity index (χ1v) is 9.83. The molecule has 0 radical (unpaired) electrons. The number of likely N-dealkylation sites (tertiary alicyclic amines) is 1. The summed E-state index contributed by atoms with van der Waals surface area (Å²) >= 11 is 12.2. The molecule has 1 aliphatic carbocycles. The molecule has 2 fully saturated rings. The molecule has 3 rings (SSSR count). The molecule has 1 saturated heterocycles. The van der Waals surface area contributed by atoms with Crippen LogP contribution in [0.1, 0.15) is 37.7 Å². The maximum Gasteiger partial charge on any atom is 0.311 e. The van der Waals surface area contributed by atoms with Crippen molar-refractivity contribution >= 4 is 46.7 Å². The maximum atomic E-state index is 12.3. The van der Waals surface area contributed by atoms with Gasteiger partial charge in [0.2, 0.25) is 5.91 Å². The van der Waals surface area contributed by atoms with E-state index in [4.69, 9.17) is 27.9 Å². The second-order valence-electron chi connectivity index (χ2n) is 7.09. The van der Waals surface area contributed by atoms with Gasteiger partial charge in [-0.1, -0.05) is 42.1 Å². The zero-order valence-electron chi connectivity index (χ0n) is 15.1. The second kappa shape index (κ2) is 8.48. The zero-order chi connectivity index (χ0) is 19.6. The molecule has 0 unspecified atom stereocenters. The molecule has 1 saturated carbocycles. The smallest absolute Gasteiger partial charge is 0.311 e. The highest BCUT2D eigenvalue weighted by atomic mass is 35.5. The van der Waals surface area contributed by atoms with Crippen LogP contribution in [0.2, 0.25) is 10.0 Å². The SMILES string of the molecule is Cc1ccc(Cl)c(NC(=O)COC(=O)[C@H]2CC(=O)N(C3CCCC3)C2)c1Cl. The Bertz CT molecular complexity index is 762. The summed E-state index contributed by atoms with van der Waals surface area (Å²) in [7, 11) is 0. The van der Waals surface area contributed by atoms with Crippen LogP contribution in [0, 0.1) is 12.8 Å². The lowest BCUT2D eigenvalue weighted by molar-refractivity contribution is -0.151. The molecule has 2 aliphatic rings. The molecule has 1 atom stereocenters. The number of hydrogen-bond donors (Lipinski definition) is 1. The molecule has 1 N–H and O–H groups in total. The van der Waals surface area contributed by atoms with E-state index in [2.05, 4.69) is 5.32 Å². The van der Waals surface area contributed by atoms with Crippen LogP contribution in [0.4, 0.5) is 5.69 Å². The summed E-state index contributed by atoms with van der Waals surface area (Å²) in [5, 5.41) is 3.22. The molecule has 1 heterocycles. The number of rotatable bonds is 5. The topological polar surface area (TPSA) is 75.7 Å². The number of carbonyl (C=O) groups is 3. The first-order valence-electron chi connectivity index (χ1n) is 9.07. The number of ether oxygens (including phenoxy) is 1. The Morgan fingerprint density at radius 3 is 2.67 bits per heavy atom. The fraction of sp³-hybridized carbons (Fsp3) is 0.526. The Hall–Kier alpha value is -1.79. The standard InChI is InChI=1S/C19H22Cl2N2O4/c1-11-6-7-14(20)18(17(11)21)22-15(24)10-27-19(26)12-8-16(25)23(9-12)13-4-2-3-5-13/h6-7,12-13H,2-5,8-10H2,1H3,(H,22,24)/t12-/m0/s1. The molecule has 0 aromatic heterocycles. The van der Waals surface area contributed by atoms with Gasteiger partial charge in [-0.15, -0.1) is 0 Å². The van der Waals surface area contributed by atoms with E-state index in [-0.39, 0.29) is 18.4 Å². The predicted molar refractivity (Wildman–Crippen MR) is 103 cm³/mol.